The van der Waals surface area contributed by atoms with Gasteiger partial charge < -0.3 is 18.9 Å². The average Bonchev–Trinajstić information content (AvgIpc) is 3.29. The molecular weight excluding hydrogens is 510 g/mol. The lowest BCUT2D eigenvalue weighted by molar-refractivity contribution is -0.165. The van der Waals surface area contributed by atoms with Gasteiger partial charge in [-0.05, 0) is 23.1 Å². The number of benzene rings is 2. The first-order valence-electron chi connectivity index (χ1n) is 13.9. The summed E-state index contributed by atoms with van der Waals surface area (Å²) in [6, 6.07) is 18.4. The summed E-state index contributed by atoms with van der Waals surface area (Å²) in [5.74, 6) is 5.46. The number of Topliss-reactive ketones (excluding diaryl/α,β-unsaturated/α-hetero) is 1. The van der Waals surface area contributed by atoms with E-state index in [9.17, 15) is 14.4 Å². The van der Waals surface area contributed by atoms with E-state index in [4.69, 9.17) is 14.2 Å². The highest BCUT2D eigenvalue weighted by Gasteiger charge is 2.45. The molecule has 0 aromatic heterocycles. The van der Waals surface area contributed by atoms with Crippen LogP contribution in [-0.4, -0.2) is 67.9 Å². The van der Waals surface area contributed by atoms with E-state index in [1.54, 1.807) is 0 Å². The lowest BCUT2D eigenvalue weighted by Crippen LogP contribution is -2.49. The number of rotatable bonds is 11. The molecule has 3 atom stereocenters. The minimum absolute atomic E-state index is 0.0391. The number of carbonyl (C=O) groups excluding carboxylic acids is 3. The summed E-state index contributed by atoms with van der Waals surface area (Å²) >= 11 is 0. The molecule has 1 unspecified atom stereocenters. The van der Waals surface area contributed by atoms with Crippen molar-refractivity contribution in [1.29, 1.82) is 0 Å². The van der Waals surface area contributed by atoms with Gasteiger partial charge in [-0.15, -0.1) is 11.8 Å². The smallest absolute Gasteiger partial charge is 0.309 e. The predicted molar refractivity (Wildman–Crippen MR) is 149 cm³/mol. The number of hydrogen-bond donors (Lipinski definition) is 0. The van der Waals surface area contributed by atoms with Crippen LogP contribution >= 0.6 is 0 Å². The van der Waals surface area contributed by atoms with E-state index in [-0.39, 0.29) is 37.1 Å². The van der Waals surface area contributed by atoms with E-state index in [0.717, 1.165) is 30.6 Å². The topological polar surface area (TPSA) is 91.4 Å². The van der Waals surface area contributed by atoms with Crippen LogP contribution in [0.1, 0.15) is 44.6 Å². The third-order valence-corrected chi connectivity index (χ3v) is 7.24. The summed E-state index contributed by atoms with van der Waals surface area (Å²) in [5.41, 5.74) is 3.40. The van der Waals surface area contributed by atoms with Crippen LogP contribution in [0.25, 0.3) is 11.1 Å². The molecule has 212 valence electrons. The van der Waals surface area contributed by atoms with Gasteiger partial charge in [0.15, 0.2) is 5.78 Å². The summed E-state index contributed by atoms with van der Waals surface area (Å²) in [4.78, 5) is 37.8. The minimum Gasteiger partial charge on any atom is -0.428 e. The minimum atomic E-state index is -0.503. The van der Waals surface area contributed by atoms with Crippen molar-refractivity contribution in [2.75, 3.05) is 33.1 Å². The van der Waals surface area contributed by atoms with Gasteiger partial charge in [-0.3, -0.25) is 19.3 Å². The molecule has 1 heterocycles. The molecule has 0 radical (unpaired) electrons. The van der Waals surface area contributed by atoms with E-state index >= 15 is 0 Å². The van der Waals surface area contributed by atoms with Crippen molar-refractivity contribution >= 4 is 17.7 Å². The van der Waals surface area contributed by atoms with Gasteiger partial charge in [0.05, 0.1) is 38.4 Å². The van der Waals surface area contributed by atoms with Gasteiger partial charge in [-0.2, -0.15) is 0 Å². The maximum absolute atomic E-state index is 13.2. The Bertz CT molecular complexity index is 1180. The average molecular weight is 548 g/mol. The molecule has 2 aromatic carbocycles. The van der Waals surface area contributed by atoms with Gasteiger partial charge in [-0.25, -0.2) is 0 Å². The molecule has 1 aliphatic heterocycles. The fourth-order valence-corrected chi connectivity index (χ4v) is 5.23. The van der Waals surface area contributed by atoms with Crippen molar-refractivity contribution in [2.24, 2.45) is 5.92 Å². The molecular formula is C32H37NO7. The molecule has 0 amide bonds. The number of esters is 2. The first-order chi connectivity index (χ1) is 19.5. The summed E-state index contributed by atoms with van der Waals surface area (Å²) in [6.45, 7) is 4.05. The molecule has 1 aliphatic carbocycles. The van der Waals surface area contributed by atoms with Crippen LogP contribution in [0.4, 0.5) is 0 Å². The fraction of sp³-hybridized carbons (Fsp3) is 0.469. The van der Waals surface area contributed by atoms with Crippen molar-refractivity contribution in [2.45, 2.75) is 57.8 Å². The molecule has 40 heavy (non-hydrogen) atoms. The second kappa shape index (κ2) is 15.3. The lowest BCUT2D eigenvalue weighted by atomic mass is 9.94. The summed E-state index contributed by atoms with van der Waals surface area (Å²) in [7, 11) is 0. The van der Waals surface area contributed by atoms with Crippen molar-refractivity contribution in [3.8, 4) is 23.0 Å². The van der Waals surface area contributed by atoms with Crippen LogP contribution in [0.15, 0.2) is 54.6 Å². The van der Waals surface area contributed by atoms with E-state index in [0.29, 0.717) is 39.1 Å². The Hall–Kier alpha value is -3.51. The Morgan fingerprint density at radius 2 is 1.65 bits per heavy atom. The highest BCUT2D eigenvalue weighted by molar-refractivity contribution is 5.87. The standard InChI is InChI=1S/C32H37NO7/c1-24(34)39-23-40-31(36)12-8-3-2-7-11-28-30(21-29(35)32(28)33-17-19-37-20-18-33)38-22-25-13-15-27(16-14-25)26-9-5-4-6-10-26/h4-6,9-10,13-16,28,30,32H,7-8,11-12,17-23H2,1H3/t28?,30-,32+/m0/s1. The highest BCUT2D eigenvalue weighted by Crippen LogP contribution is 2.34. The molecule has 0 N–H and O–H groups in total. The van der Waals surface area contributed by atoms with E-state index in [1.807, 2.05) is 18.2 Å². The second-order valence-electron chi connectivity index (χ2n) is 10.0. The monoisotopic (exact) mass is 547 g/mol. The molecule has 8 heteroatoms. The van der Waals surface area contributed by atoms with E-state index in [1.165, 1.54) is 12.5 Å². The predicted octanol–water partition coefficient (Wildman–Crippen LogP) is 4.16. The first-order valence-corrected chi connectivity index (χ1v) is 13.9. The van der Waals surface area contributed by atoms with Crippen LogP contribution in [0, 0.1) is 17.8 Å². The molecule has 2 aromatic rings. The van der Waals surface area contributed by atoms with Gasteiger partial charge in [0.1, 0.15) is 0 Å². The third-order valence-electron chi connectivity index (χ3n) is 7.24. The maximum Gasteiger partial charge on any atom is 0.309 e. The van der Waals surface area contributed by atoms with Crippen molar-refractivity contribution in [1.82, 2.24) is 4.90 Å². The van der Waals surface area contributed by atoms with Crippen molar-refractivity contribution in [3.63, 3.8) is 0 Å². The Kier molecular flexibility index (Phi) is 11.3. The van der Waals surface area contributed by atoms with Crippen molar-refractivity contribution < 1.29 is 33.3 Å². The zero-order valence-electron chi connectivity index (χ0n) is 23.0. The number of nitrogens with zero attached hydrogens (tertiary/aromatic N) is 1. The molecule has 8 nitrogen and oxygen atoms in total. The number of morpholine rings is 1. The third kappa shape index (κ3) is 8.75. The summed E-state index contributed by atoms with van der Waals surface area (Å²) < 4.78 is 21.3. The lowest BCUT2D eigenvalue weighted by Gasteiger charge is -2.35. The molecule has 1 saturated carbocycles. The van der Waals surface area contributed by atoms with E-state index in [2.05, 4.69) is 57.9 Å². The highest BCUT2D eigenvalue weighted by atomic mass is 16.7. The number of carbonyl (C=O) groups is 3. The second-order valence-corrected chi connectivity index (χ2v) is 10.0. The molecule has 0 bridgehead atoms. The molecule has 4 rings (SSSR count). The Morgan fingerprint density at radius 1 is 0.950 bits per heavy atom. The van der Waals surface area contributed by atoms with Crippen LogP contribution in [0.5, 0.6) is 0 Å². The van der Waals surface area contributed by atoms with Crippen LogP contribution in [0.3, 0.4) is 0 Å². The maximum atomic E-state index is 13.2. The normalized spacial score (nSPS) is 20.9. The zero-order chi connectivity index (χ0) is 28.2. The van der Waals surface area contributed by atoms with E-state index < -0.39 is 11.9 Å². The Balaban J connectivity index is 1.31. The summed E-state index contributed by atoms with van der Waals surface area (Å²) in [5, 5.41) is 0. The van der Waals surface area contributed by atoms with Crippen molar-refractivity contribution in [3.05, 3.63) is 60.2 Å². The van der Waals surface area contributed by atoms with Gasteiger partial charge in [0.25, 0.3) is 0 Å². The van der Waals surface area contributed by atoms with Crippen LogP contribution in [-0.2, 0) is 39.9 Å². The quantitative estimate of drug-likeness (QED) is 0.235. The molecule has 2 fully saturated rings. The van der Waals surface area contributed by atoms with Crippen LogP contribution in [0.2, 0.25) is 0 Å². The zero-order valence-corrected chi connectivity index (χ0v) is 23.0. The number of ketones is 1. The van der Waals surface area contributed by atoms with Gasteiger partial charge in [-0.1, -0.05) is 54.6 Å². The molecule has 1 saturated heterocycles. The Morgan fingerprint density at radius 3 is 2.38 bits per heavy atom. The largest absolute Gasteiger partial charge is 0.428 e. The summed E-state index contributed by atoms with van der Waals surface area (Å²) in [6.07, 6.45) is 2.04. The Labute approximate surface area is 235 Å². The van der Waals surface area contributed by atoms with Crippen LogP contribution < -0.4 is 0 Å². The number of ether oxygens (including phenoxy) is 4. The van der Waals surface area contributed by atoms with Gasteiger partial charge in [0, 0.05) is 45.2 Å². The van der Waals surface area contributed by atoms with Gasteiger partial charge in [0.2, 0.25) is 6.79 Å². The molecule has 0 spiro atoms. The van der Waals surface area contributed by atoms with Gasteiger partial charge >= 0.3 is 11.9 Å². The first kappa shape index (κ1) is 29.5. The number of hydrogen-bond acceptors (Lipinski definition) is 8. The molecule has 2 aliphatic rings. The fourth-order valence-electron chi connectivity index (χ4n) is 5.23. The SMILES string of the molecule is CC(=O)OCOC(=O)CCC#CCCC1[C@@H](OCc2ccc(-c3ccccc3)cc2)CC(=O)[C@@H]1N1CCOCC1.